The molecule has 2 aromatic carbocycles. The van der Waals surface area contributed by atoms with Crippen LogP contribution in [0, 0.1) is 3.57 Å². The van der Waals surface area contributed by atoms with Crippen molar-refractivity contribution in [3.05, 3.63) is 63.2 Å². The number of rotatable bonds is 6. The first kappa shape index (κ1) is 15.3. The van der Waals surface area contributed by atoms with Crippen LogP contribution < -0.4 is 16.0 Å². The number of nitrogens with one attached hydrogen (secondary N) is 1. The van der Waals surface area contributed by atoms with Crippen molar-refractivity contribution in [1.82, 2.24) is 5.43 Å². The van der Waals surface area contributed by atoms with Crippen LogP contribution in [0.15, 0.2) is 48.5 Å². The summed E-state index contributed by atoms with van der Waals surface area (Å²) in [5.41, 5.74) is 5.07. The monoisotopic (exact) mass is 382 g/mol. The summed E-state index contributed by atoms with van der Waals surface area (Å²) in [6, 6.07) is 16.3. The number of hydrogen-bond acceptors (Lipinski definition) is 3. The van der Waals surface area contributed by atoms with Gasteiger partial charge in [-0.05, 0) is 52.8 Å². The van der Waals surface area contributed by atoms with E-state index in [-0.39, 0.29) is 6.04 Å². The Kier molecular flexibility index (Phi) is 5.82. The number of hydrazine groups is 1. The van der Waals surface area contributed by atoms with Crippen molar-refractivity contribution in [2.75, 3.05) is 6.61 Å². The summed E-state index contributed by atoms with van der Waals surface area (Å²) in [4.78, 5) is 0. The lowest BCUT2D eigenvalue weighted by Gasteiger charge is -2.20. The summed E-state index contributed by atoms with van der Waals surface area (Å²) in [5.74, 6) is 6.65. The van der Waals surface area contributed by atoms with Gasteiger partial charge in [0.05, 0.1) is 12.6 Å². The number of ether oxygens (including phenoxy) is 1. The van der Waals surface area contributed by atoms with E-state index in [4.69, 9.17) is 10.6 Å². The van der Waals surface area contributed by atoms with Crippen LogP contribution in [-0.4, -0.2) is 6.61 Å². The van der Waals surface area contributed by atoms with Crippen LogP contribution in [0.3, 0.4) is 0 Å². The number of para-hydroxylation sites is 1. The van der Waals surface area contributed by atoms with Crippen molar-refractivity contribution in [2.24, 2.45) is 5.84 Å². The van der Waals surface area contributed by atoms with E-state index in [1.165, 1.54) is 3.57 Å². The molecule has 0 fully saturated rings. The summed E-state index contributed by atoms with van der Waals surface area (Å²) in [5, 5.41) is 0. The van der Waals surface area contributed by atoms with E-state index >= 15 is 0 Å². The minimum absolute atomic E-state index is 0.0694. The van der Waals surface area contributed by atoms with Gasteiger partial charge >= 0.3 is 0 Å². The van der Waals surface area contributed by atoms with Crippen LogP contribution in [0.5, 0.6) is 5.75 Å². The normalized spacial score (nSPS) is 12.2. The standard InChI is InChI=1S/C16H19IN2O/c1-2-11-20-15-6-4-3-5-14(15)16(19-18)12-7-9-13(17)10-8-12/h3-10,16,19H,2,11,18H2,1H3. The largest absolute Gasteiger partial charge is 0.493 e. The Morgan fingerprint density at radius 2 is 1.85 bits per heavy atom. The number of nitrogens with two attached hydrogens (primary N) is 1. The predicted octanol–water partition coefficient (Wildman–Crippen LogP) is 3.63. The minimum atomic E-state index is -0.0694. The third-order valence-electron chi connectivity index (χ3n) is 3.06. The fourth-order valence-corrected chi connectivity index (χ4v) is 2.44. The van der Waals surface area contributed by atoms with Gasteiger partial charge in [0, 0.05) is 9.13 Å². The van der Waals surface area contributed by atoms with Gasteiger partial charge in [0.25, 0.3) is 0 Å². The molecule has 1 unspecified atom stereocenters. The van der Waals surface area contributed by atoms with Gasteiger partial charge in [0.1, 0.15) is 5.75 Å². The second-order valence-corrected chi connectivity index (χ2v) is 5.78. The molecule has 3 N–H and O–H groups in total. The summed E-state index contributed by atoms with van der Waals surface area (Å²) in [6.45, 7) is 2.81. The van der Waals surface area contributed by atoms with E-state index in [9.17, 15) is 0 Å². The van der Waals surface area contributed by atoms with Crippen molar-refractivity contribution in [2.45, 2.75) is 19.4 Å². The second kappa shape index (κ2) is 7.61. The molecule has 2 rings (SSSR count). The van der Waals surface area contributed by atoms with E-state index in [1.807, 2.05) is 24.3 Å². The molecule has 20 heavy (non-hydrogen) atoms. The summed E-state index contributed by atoms with van der Waals surface area (Å²) < 4.78 is 7.02. The number of halogens is 1. The van der Waals surface area contributed by atoms with Gasteiger partial charge in [0.15, 0.2) is 0 Å². The molecule has 0 aliphatic heterocycles. The van der Waals surface area contributed by atoms with Gasteiger partial charge in [0.2, 0.25) is 0 Å². The molecule has 0 aliphatic rings. The minimum Gasteiger partial charge on any atom is -0.493 e. The summed E-state index contributed by atoms with van der Waals surface area (Å²) in [6.07, 6.45) is 0.985. The molecule has 1 atom stereocenters. The predicted molar refractivity (Wildman–Crippen MR) is 90.6 cm³/mol. The van der Waals surface area contributed by atoms with Gasteiger partial charge in [-0.3, -0.25) is 5.84 Å². The highest BCUT2D eigenvalue weighted by Crippen LogP contribution is 2.29. The molecule has 2 aromatic rings. The SMILES string of the molecule is CCCOc1ccccc1C(NN)c1ccc(I)cc1. The first-order valence-corrected chi connectivity index (χ1v) is 7.77. The zero-order valence-corrected chi connectivity index (χ0v) is 13.6. The lowest BCUT2D eigenvalue weighted by atomic mass is 9.98. The van der Waals surface area contributed by atoms with E-state index < -0.39 is 0 Å². The lowest BCUT2D eigenvalue weighted by Crippen LogP contribution is -2.29. The van der Waals surface area contributed by atoms with Crippen LogP contribution in [-0.2, 0) is 0 Å². The average molecular weight is 382 g/mol. The molecule has 0 aromatic heterocycles. The summed E-state index contributed by atoms with van der Waals surface area (Å²) in [7, 11) is 0. The maximum atomic E-state index is 5.82. The molecule has 0 bridgehead atoms. The quantitative estimate of drug-likeness (QED) is 0.456. The van der Waals surface area contributed by atoms with Crippen LogP contribution in [0.2, 0.25) is 0 Å². The van der Waals surface area contributed by atoms with Gasteiger partial charge in [-0.25, -0.2) is 5.43 Å². The molecular weight excluding hydrogens is 363 g/mol. The van der Waals surface area contributed by atoms with Gasteiger partial charge < -0.3 is 4.74 Å². The molecule has 0 spiro atoms. The van der Waals surface area contributed by atoms with Crippen LogP contribution >= 0.6 is 22.6 Å². The molecule has 0 heterocycles. The fraction of sp³-hybridized carbons (Fsp3) is 0.250. The molecule has 0 aliphatic carbocycles. The maximum absolute atomic E-state index is 5.82. The average Bonchev–Trinajstić information content (AvgIpc) is 2.49. The molecule has 0 saturated carbocycles. The summed E-state index contributed by atoms with van der Waals surface area (Å²) >= 11 is 2.30. The van der Waals surface area contributed by atoms with Gasteiger partial charge in [-0.15, -0.1) is 0 Å². The van der Waals surface area contributed by atoms with Crippen molar-refractivity contribution in [3.63, 3.8) is 0 Å². The van der Waals surface area contributed by atoms with Crippen molar-refractivity contribution in [3.8, 4) is 5.75 Å². The van der Waals surface area contributed by atoms with Gasteiger partial charge in [-0.1, -0.05) is 37.3 Å². The van der Waals surface area contributed by atoms with Crippen LogP contribution in [0.25, 0.3) is 0 Å². The Bertz CT molecular complexity index is 542. The highest BCUT2D eigenvalue weighted by atomic mass is 127. The molecule has 0 amide bonds. The molecule has 4 heteroatoms. The van der Waals surface area contributed by atoms with E-state index in [0.717, 1.165) is 23.3 Å². The van der Waals surface area contributed by atoms with Crippen molar-refractivity contribution >= 4 is 22.6 Å². The molecular formula is C16H19IN2O. The maximum Gasteiger partial charge on any atom is 0.124 e. The first-order valence-electron chi connectivity index (χ1n) is 6.69. The third kappa shape index (κ3) is 3.71. The first-order chi connectivity index (χ1) is 9.76. The van der Waals surface area contributed by atoms with Crippen molar-refractivity contribution < 1.29 is 4.74 Å². The topological polar surface area (TPSA) is 47.3 Å². The second-order valence-electron chi connectivity index (χ2n) is 4.54. The Balaban J connectivity index is 2.33. The van der Waals surface area contributed by atoms with Crippen molar-refractivity contribution in [1.29, 1.82) is 0 Å². The molecule has 0 saturated heterocycles. The third-order valence-corrected chi connectivity index (χ3v) is 3.78. The van der Waals surface area contributed by atoms with E-state index in [2.05, 4.69) is 59.2 Å². The molecule has 106 valence electrons. The number of hydrogen-bond donors (Lipinski definition) is 2. The Morgan fingerprint density at radius 3 is 2.50 bits per heavy atom. The molecule has 0 radical (unpaired) electrons. The Hall–Kier alpha value is -1.11. The number of benzene rings is 2. The van der Waals surface area contributed by atoms with Gasteiger partial charge in [-0.2, -0.15) is 0 Å². The van der Waals surface area contributed by atoms with Crippen LogP contribution in [0.4, 0.5) is 0 Å². The lowest BCUT2D eigenvalue weighted by molar-refractivity contribution is 0.311. The molecule has 3 nitrogen and oxygen atoms in total. The fourth-order valence-electron chi connectivity index (χ4n) is 2.08. The Morgan fingerprint density at radius 1 is 1.15 bits per heavy atom. The smallest absolute Gasteiger partial charge is 0.124 e. The van der Waals surface area contributed by atoms with E-state index in [1.54, 1.807) is 0 Å². The Labute approximate surface area is 133 Å². The highest BCUT2D eigenvalue weighted by molar-refractivity contribution is 14.1. The zero-order chi connectivity index (χ0) is 14.4. The van der Waals surface area contributed by atoms with E-state index in [0.29, 0.717) is 6.61 Å². The highest BCUT2D eigenvalue weighted by Gasteiger charge is 2.16. The zero-order valence-electron chi connectivity index (χ0n) is 11.5. The van der Waals surface area contributed by atoms with Crippen LogP contribution in [0.1, 0.15) is 30.5 Å².